The van der Waals surface area contributed by atoms with Crippen molar-refractivity contribution >= 4 is 50.5 Å². The van der Waals surface area contributed by atoms with Crippen LogP contribution in [0.2, 0.25) is 10.0 Å². The van der Waals surface area contributed by atoms with Crippen molar-refractivity contribution in [1.29, 1.82) is 0 Å². The minimum atomic E-state index is -3.64. The zero-order valence-electron chi connectivity index (χ0n) is 19.2. The number of aromatic nitrogens is 3. The number of anilines is 1. The van der Waals surface area contributed by atoms with Crippen LogP contribution in [-0.2, 0) is 30.8 Å². The summed E-state index contributed by atoms with van der Waals surface area (Å²) in [7, 11) is -0.967. The van der Waals surface area contributed by atoms with Crippen LogP contribution >= 0.6 is 23.2 Å². The number of nitrogens with one attached hydrogen (secondary N) is 1. The number of methoxy groups -OCH3 is 2. The van der Waals surface area contributed by atoms with Crippen molar-refractivity contribution in [3.63, 3.8) is 0 Å². The average Bonchev–Trinajstić information content (AvgIpc) is 3.06. The summed E-state index contributed by atoms with van der Waals surface area (Å²) >= 11 is 12.4. The number of aryl methyl sites for hydroxylation is 1. The van der Waals surface area contributed by atoms with E-state index in [0.717, 1.165) is 10.9 Å². The van der Waals surface area contributed by atoms with E-state index in [1.807, 2.05) is 0 Å². The highest BCUT2D eigenvalue weighted by Crippen LogP contribution is 2.31. The van der Waals surface area contributed by atoms with Gasteiger partial charge in [0.25, 0.3) is 0 Å². The number of hydrogen-bond donors (Lipinski definition) is 1. The van der Waals surface area contributed by atoms with E-state index in [1.54, 1.807) is 31.2 Å². The van der Waals surface area contributed by atoms with Crippen molar-refractivity contribution in [3.05, 3.63) is 80.1 Å². The summed E-state index contributed by atoms with van der Waals surface area (Å²) in [5, 5.41) is 4.45. The summed E-state index contributed by atoms with van der Waals surface area (Å²) in [6.45, 7) is 1.70. The molecule has 0 bridgehead atoms. The van der Waals surface area contributed by atoms with Gasteiger partial charge in [-0.1, -0.05) is 47.5 Å². The number of benzene rings is 2. The molecule has 0 spiro atoms. The Hall–Kier alpha value is -3.28. The molecule has 2 aromatic carbocycles. The van der Waals surface area contributed by atoms with E-state index in [2.05, 4.69) is 9.82 Å². The largest absolute Gasteiger partial charge is 0.503 e. The maximum absolute atomic E-state index is 13.3. The highest BCUT2D eigenvalue weighted by Gasteiger charge is 2.21. The summed E-state index contributed by atoms with van der Waals surface area (Å²) in [6, 6.07) is 9.63. The van der Waals surface area contributed by atoms with E-state index in [1.165, 1.54) is 37.2 Å². The van der Waals surface area contributed by atoms with E-state index in [9.17, 15) is 18.0 Å². The molecule has 0 aliphatic rings. The lowest BCUT2D eigenvalue weighted by atomic mass is 10.0. The molecule has 0 saturated heterocycles. The van der Waals surface area contributed by atoms with Crippen molar-refractivity contribution in [2.24, 2.45) is 0 Å². The monoisotopic (exact) mass is 540 g/mol. The number of esters is 1. The van der Waals surface area contributed by atoms with Gasteiger partial charge in [0, 0.05) is 0 Å². The molecule has 0 saturated carbocycles. The maximum atomic E-state index is 13.3. The standard InChI is InChI=1S/C22H22Cl2N4O6S/c1-13-25-28(20-10-19(26-35(4,31)32)17(23)9-18(20)24)22(30)27(13)11-14-7-5-6-8-15(14)16(12-33-2)21(29)34-3/h5-10,12,26H,11H2,1-4H3/b16-12+. The molecule has 10 nitrogen and oxygen atoms in total. The highest BCUT2D eigenvalue weighted by atomic mass is 35.5. The molecule has 0 amide bonds. The van der Waals surface area contributed by atoms with Gasteiger partial charge in [0.15, 0.2) is 0 Å². The van der Waals surface area contributed by atoms with Gasteiger partial charge < -0.3 is 9.47 Å². The van der Waals surface area contributed by atoms with Gasteiger partial charge in [-0.25, -0.2) is 18.0 Å². The van der Waals surface area contributed by atoms with E-state index in [0.29, 0.717) is 17.0 Å². The zero-order chi connectivity index (χ0) is 25.9. The van der Waals surface area contributed by atoms with Crippen LogP contribution in [0, 0.1) is 6.92 Å². The van der Waals surface area contributed by atoms with Crippen LogP contribution in [0.5, 0.6) is 0 Å². The van der Waals surface area contributed by atoms with E-state index in [-0.39, 0.29) is 33.5 Å². The summed E-state index contributed by atoms with van der Waals surface area (Å²) in [6.07, 6.45) is 2.24. The third-order valence-corrected chi connectivity index (χ3v) is 6.09. The van der Waals surface area contributed by atoms with Crippen LogP contribution in [0.25, 0.3) is 11.3 Å². The van der Waals surface area contributed by atoms with Crippen molar-refractivity contribution in [3.8, 4) is 5.69 Å². The van der Waals surface area contributed by atoms with Crippen molar-refractivity contribution in [2.45, 2.75) is 13.5 Å². The summed E-state index contributed by atoms with van der Waals surface area (Å²) < 4.78 is 38.0. The number of ether oxygens (including phenoxy) is 2. The SMILES string of the molecule is CO/C=C(/C(=O)OC)c1ccccc1Cn1c(C)nn(-c2cc(NS(C)(=O)=O)c(Cl)cc2Cl)c1=O. The van der Waals surface area contributed by atoms with Gasteiger partial charge >= 0.3 is 11.7 Å². The molecule has 0 radical (unpaired) electrons. The molecule has 0 unspecified atom stereocenters. The number of hydrogen-bond acceptors (Lipinski definition) is 7. The van der Waals surface area contributed by atoms with Crippen molar-refractivity contribution in [1.82, 2.24) is 14.3 Å². The number of carbonyl (C=O) groups excluding carboxylic acids is 1. The van der Waals surface area contributed by atoms with Gasteiger partial charge in [-0.15, -0.1) is 0 Å². The van der Waals surface area contributed by atoms with Crippen LogP contribution < -0.4 is 10.4 Å². The predicted molar refractivity (Wildman–Crippen MR) is 134 cm³/mol. The fourth-order valence-electron chi connectivity index (χ4n) is 3.35. The topological polar surface area (TPSA) is 122 Å². The second-order valence-corrected chi connectivity index (χ2v) is 9.96. The fraction of sp³-hybridized carbons (Fsp3) is 0.227. The van der Waals surface area contributed by atoms with E-state index in [4.69, 9.17) is 32.7 Å². The van der Waals surface area contributed by atoms with E-state index < -0.39 is 21.7 Å². The Morgan fingerprint density at radius 3 is 2.49 bits per heavy atom. The molecular weight excluding hydrogens is 519 g/mol. The first-order chi connectivity index (χ1) is 16.5. The first-order valence-corrected chi connectivity index (χ1v) is 12.6. The van der Waals surface area contributed by atoms with Gasteiger partial charge in [-0.3, -0.25) is 9.29 Å². The second kappa shape index (κ2) is 10.5. The molecule has 0 aliphatic heterocycles. The van der Waals surface area contributed by atoms with Gasteiger partial charge in [-0.05, 0) is 30.2 Å². The van der Waals surface area contributed by atoms with Crippen LogP contribution in [0.15, 0.2) is 47.5 Å². The van der Waals surface area contributed by atoms with E-state index >= 15 is 0 Å². The molecular formula is C22H22Cl2N4O6S. The molecule has 13 heteroatoms. The van der Waals surface area contributed by atoms with Crippen LogP contribution in [0.4, 0.5) is 5.69 Å². The third-order valence-electron chi connectivity index (χ3n) is 4.88. The summed E-state index contributed by atoms with van der Waals surface area (Å²) in [4.78, 5) is 25.6. The summed E-state index contributed by atoms with van der Waals surface area (Å²) in [5.74, 6) is -0.248. The Morgan fingerprint density at radius 2 is 1.86 bits per heavy atom. The van der Waals surface area contributed by atoms with Gasteiger partial charge in [-0.2, -0.15) is 9.78 Å². The Labute approximate surface area is 211 Å². The molecule has 1 aromatic heterocycles. The molecule has 3 rings (SSSR count). The minimum absolute atomic E-state index is 0.0467. The number of halogens is 2. The molecule has 186 valence electrons. The Morgan fingerprint density at radius 1 is 1.17 bits per heavy atom. The lowest BCUT2D eigenvalue weighted by Crippen LogP contribution is -2.25. The number of nitrogens with zero attached hydrogens (tertiary/aromatic N) is 3. The zero-order valence-corrected chi connectivity index (χ0v) is 21.5. The Kier molecular flexibility index (Phi) is 7.93. The normalized spacial score (nSPS) is 11.9. The van der Waals surface area contributed by atoms with Gasteiger partial charge in [0.05, 0.1) is 54.7 Å². The molecule has 35 heavy (non-hydrogen) atoms. The molecule has 1 heterocycles. The first-order valence-electron chi connectivity index (χ1n) is 10.00. The van der Waals surface area contributed by atoms with Crippen LogP contribution in [0.3, 0.4) is 0 Å². The lowest BCUT2D eigenvalue weighted by molar-refractivity contribution is -0.133. The number of sulfonamides is 1. The maximum Gasteiger partial charge on any atom is 0.351 e. The number of rotatable bonds is 8. The van der Waals surface area contributed by atoms with Crippen LogP contribution in [0.1, 0.15) is 17.0 Å². The van der Waals surface area contributed by atoms with Gasteiger partial charge in [0.1, 0.15) is 11.4 Å². The second-order valence-electron chi connectivity index (χ2n) is 7.40. The predicted octanol–water partition coefficient (Wildman–Crippen LogP) is 3.23. The molecule has 1 N–H and O–H groups in total. The Bertz CT molecular complexity index is 1480. The van der Waals surface area contributed by atoms with Crippen LogP contribution in [-0.4, -0.2) is 49.2 Å². The van der Waals surface area contributed by atoms with Crippen molar-refractivity contribution < 1.29 is 22.7 Å². The number of carbonyl (C=O) groups is 1. The average molecular weight is 541 g/mol. The fourth-order valence-corrected chi connectivity index (χ4v) is 4.49. The third kappa shape index (κ3) is 5.87. The Balaban J connectivity index is 2.10. The molecule has 0 atom stereocenters. The molecule has 3 aromatic rings. The summed E-state index contributed by atoms with van der Waals surface area (Å²) in [5.41, 5.74) is 0.974. The van der Waals surface area contributed by atoms with Crippen molar-refractivity contribution in [2.75, 3.05) is 25.2 Å². The lowest BCUT2D eigenvalue weighted by Gasteiger charge is -2.12. The minimum Gasteiger partial charge on any atom is -0.503 e. The highest BCUT2D eigenvalue weighted by molar-refractivity contribution is 7.92. The first kappa shape index (κ1) is 26.3. The molecule has 0 fully saturated rings. The smallest absolute Gasteiger partial charge is 0.351 e. The van der Waals surface area contributed by atoms with Gasteiger partial charge in [0.2, 0.25) is 10.0 Å². The quantitative estimate of drug-likeness (QED) is 0.264. The molecule has 0 aliphatic carbocycles.